The Labute approximate surface area is 122 Å². The molecule has 0 heterocycles. The zero-order valence-corrected chi connectivity index (χ0v) is 12.1. The van der Waals surface area contributed by atoms with Crippen molar-refractivity contribution in [3.05, 3.63) is 70.5 Å². The minimum atomic E-state index is -1.43. The van der Waals surface area contributed by atoms with Crippen LogP contribution in [0.2, 0.25) is 0 Å². The highest BCUT2D eigenvalue weighted by atomic mass is 19.2. The van der Waals surface area contributed by atoms with Gasteiger partial charge in [0.1, 0.15) is 0 Å². The average Bonchev–Trinajstić information content (AvgIpc) is 2.49. The van der Waals surface area contributed by atoms with E-state index in [1.165, 1.54) is 0 Å². The van der Waals surface area contributed by atoms with Gasteiger partial charge in [-0.1, -0.05) is 38.1 Å². The van der Waals surface area contributed by atoms with E-state index in [0.29, 0.717) is 12.1 Å². The van der Waals surface area contributed by atoms with Gasteiger partial charge in [-0.25, -0.2) is 13.2 Å². The second-order valence-electron chi connectivity index (χ2n) is 4.89. The topological polar surface area (TPSA) is 12.0 Å². The lowest BCUT2D eigenvalue weighted by molar-refractivity contribution is 0.442. The lowest BCUT2D eigenvalue weighted by Crippen LogP contribution is -2.22. The minimum Gasteiger partial charge on any atom is -0.307 e. The van der Waals surface area contributed by atoms with Crippen LogP contribution < -0.4 is 5.32 Å². The highest BCUT2D eigenvalue weighted by Gasteiger charge is 2.18. The minimum absolute atomic E-state index is 0.369. The Balaban J connectivity index is 2.47. The van der Waals surface area contributed by atoms with E-state index in [-0.39, 0.29) is 6.04 Å². The van der Waals surface area contributed by atoms with Crippen LogP contribution in [0.3, 0.4) is 0 Å². The van der Waals surface area contributed by atoms with Gasteiger partial charge in [-0.15, -0.1) is 0 Å². The molecule has 0 aromatic heterocycles. The summed E-state index contributed by atoms with van der Waals surface area (Å²) in [6.07, 6.45) is 0.874. The molecule has 4 heteroatoms. The summed E-state index contributed by atoms with van der Waals surface area (Å²) < 4.78 is 40.0. The Kier molecular flexibility index (Phi) is 5.02. The van der Waals surface area contributed by atoms with Crippen molar-refractivity contribution in [2.45, 2.75) is 26.3 Å². The Morgan fingerprint density at radius 1 is 0.952 bits per heavy atom. The highest BCUT2D eigenvalue weighted by Crippen LogP contribution is 2.26. The average molecular weight is 293 g/mol. The molecule has 1 N–H and O–H groups in total. The smallest absolute Gasteiger partial charge is 0.194 e. The summed E-state index contributed by atoms with van der Waals surface area (Å²) in [6.45, 7) is 4.58. The van der Waals surface area contributed by atoms with Crippen molar-refractivity contribution < 1.29 is 13.2 Å². The van der Waals surface area contributed by atoms with E-state index in [2.05, 4.69) is 5.32 Å². The molecule has 0 radical (unpaired) electrons. The molecule has 0 amide bonds. The van der Waals surface area contributed by atoms with Crippen molar-refractivity contribution in [3.8, 4) is 0 Å². The van der Waals surface area contributed by atoms with E-state index in [0.717, 1.165) is 29.7 Å². The summed E-state index contributed by atoms with van der Waals surface area (Å²) in [5.74, 6) is -3.77. The van der Waals surface area contributed by atoms with Crippen molar-refractivity contribution in [3.63, 3.8) is 0 Å². The van der Waals surface area contributed by atoms with Crippen molar-refractivity contribution in [1.82, 2.24) is 5.32 Å². The molecular formula is C17H18F3N. The first-order valence-corrected chi connectivity index (χ1v) is 7.03. The summed E-state index contributed by atoms with van der Waals surface area (Å²) in [6, 6.07) is 9.52. The molecule has 0 spiro atoms. The van der Waals surface area contributed by atoms with Gasteiger partial charge in [0.25, 0.3) is 0 Å². The third-order valence-corrected chi connectivity index (χ3v) is 3.44. The van der Waals surface area contributed by atoms with E-state index < -0.39 is 17.5 Å². The second-order valence-corrected chi connectivity index (χ2v) is 4.89. The third-order valence-electron chi connectivity index (χ3n) is 3.44. The van der Waals surface area contributed by atoms with Crippen LogP contribution in [-0.4, -0.2) is 6.54 Å². The van der Waals surface area contributed by atoms with Crippen LogP contribution in [-0.2, 0) is 6.42 Å². The van der Waals surface area contributed by atoms with Gasteiger partial charge in [0.2, 0.25) is 0 Å². The van der Waals surface area contributed by atoms with Crippen LogP contribution in [0.4, 0.5) is 13.2 Å². The lowest BCUT2D eigenvalue weighted by atomic mass is 9.96. The van der Waals surface area contributed by atoms with E-state index in [9.17, 15) is 13.2 Å². The number of hydrogen-bond donors (Lipinski definition) is 1. The molecule has 2 aromatic carbocycles. The predicted molar refractivity (Wildman–Crippen MR) is 77.7 cm³/mol. The van der Waals surface area contributed by atoms with E-state index in [1.54, 1.807) is 0 Å². The molecule has 1 nitrogen and oxygen atoms in total. The second kappa shape index (κ2) is 6.76. The Morgan fingerprint density at radius 2 is 1.62 bits per heavy atom. The summed E-state index contributed by atoms with van der Waals surface area (Å²) >= 11 is 0. The van der Waals surface area contributed by atoms with Crippen LogP contribution in [0.5, 0.6) is 0 Å². The number of hydrogen-bond acceptors (Lipinski definition) is 1. The molecule has 2 aromatic rings. The van der Waals surface area contributed by atoms with Gasteiger partial charge < -0.3 is 5.32 Å². The predicted octanol–water partition coefficient (Wildman–Crippen LogP) is 4.37. The van der Waals surface area contributed by atoms with Gasteiger partial charge in [0.05, 0.1) is 6.04 Å². The normalized spacial score (nSPS) is 12.4. The van der Waals surface area contributed by atoms with Crippen LogP contribution in [0, 0.1) is 17.5 Å². The molecule has 0 fully saturated rings. The monoisotopic (exact) mass is 293 g/mol. The largest absolute Gasteiger partial charge is 0.307 e. The van der Waals surface area contributed by atoms with Gasteiger partial charge >= 0.3 is 0 Å². The van der Waals surface area contributed by atoms with Gasteiger partial charge in [-0.05, 0) is 41.8 Å². The maximum Gasteiger partial charge on any atom is 0.194 e. The molecule has 0 aliphatic heterocycles. The molecule has 2 rings (SSSR count). The fourth-order valence-electron chi connectivity index (χ4n) is 2.37. The van der Waals surface area contributed by atoms with Gasteiger partial charge in [-0.2, -0.15) is 0 Å². The Hall–Kier alpha value is -1.81. The quantitative estimate of drug-likeness (QED) is 0.807. The maximum absolute atomic E-state index is 13.5. The first-order chi connectivity index (χ1) is 10.1. The molecule has 21 heavy (non-hydrogen) atoms. The number of benzene rings is 2. The third kappa shape index (κ3) is 3.45. The summed E-state index contributed by atoms with van der Waals surface area (Å²) in [5.41, 5.74) is 2.42. The number of aryl methyl sites for hydroxylation is 1. The van der Waals surface area contributed by atoms with Crippen molar-refractivity contribution in [2.75, 3.05) is 6.54 Å². The highest BCUT2D eigenvalue weighted by molar-refractivity contribution is 5.35. The van der Waals surface area contributed by atoms with Crippen LogP contribution >= 0.6 is 0 Å². The molecule has 1 unspecified atom stereocenters. The Morgan fingerprint density at radius 3 is 2.19 bits per heavy atom. The van der Waals surface area contributed by atoms with Crippen molar-refractivity contribution >= 4 is 0 Å². The van der Waals surface area contributed by atoms with Crippen molar-refractivity contribution in [1.29, 1.82) is 0 Å². The number of halogens is 3. The molecule has 0 bridgehead atoms. The SMILES string of the molecule is CCNC(c1cccc(CC)c1)c1cc(F)c(F)c(F)c1. The molecule has 112 valence electrons. The lowest BCUT2D eigenvalue weighted by Gasteiger charge is -2.20. The van der Waals surface area contributed by atoms with E-state index >= 15 is 0 Å². The fourth-order valence-corrected chi connectivity index (χ4v) is 2.37. The molecule has 0 aliphatic rings. The van der Waals surface area contributed by atoms with E-state index in [4.69, 9.17) is 0 Å². The fraction of sp³-hybridized carbons (Fsp3) is 0.294. The van der Waals surface area contributed by atoms with Gasteiger partial charge in [0.15, 0.2) is 17.5 Å². The molecule has 0 saturated carbocycles. The summed E-state index contributed by atoms with van der Waals surface area (Å²) in [7, 11) is 0. The zero-order valence-electron chi connectivity index (χ0n) is 12.1. The molecular weight excluding hydrogens is 275 g/mol. The summed E-state index contributed by atoms with van der Waals surface area (Å²) in [4.78, 5) is 0. The van der Waals surface area contributed by atoms with Crippen LogP contribution in [0.1, 0.15) is 36.6 Å². The zero-order chi connectivity index (χ0) is 15.4. The molecule has 0 saturated heterocycles. The Bertz CT molecular complexity index is 602. The summed E-state index contributed by atoms with van der Waals surface area (Å²) in [5, 5.41) is 3.18. The molecule has 1 atom stereocenters. The standard InChI is InChI=1S/C17H18F3N/c1-3-11-6-5-7-12(8-11)17(21-4-2)13-9-14(18)16(20)15(19)10-13/h5-10,17,21H,3-4H2,1-2H3. The number of rotatable bonds is 5. The van der Waals surface area contributed by atoms with Crippen molar-refractivity contribution in [2.24, 2.45) is 0 Å². The first kappa shape index (κ1) is 15.6. The van der Waals surface area contributed by atoms with Crippen LogP contribution in [0.25, 0.3) is 0 Å². The molecule has 0 aliphatic carbocycles. The van der Waals surface area contributed by atoms with Gasteiger partial charge in [0, 0.05) is 0 Å². The van der Waals surface area contributed by atoms with E-state index in [1.807, 2.05) is 38.1 Å². The van der Waals surface area contributed by atoms with Crippen LogP contribution in [0.15, 0.2) is 36.4 Å². The maximum atomic E-state index is 13.5. The van der Waals surface area contributed by atoms with Gasteiger partial charge in [-0.3, -0.25) is 0 Å². The number of nitrogens with one attached hydrogen (secondary N) is 1. The first-order valence-electron chi connectivity index (χ1n) is 7.03.